The van der Waals surface area contributed by atoms with Crippen molar-refractivity contribution in [2.75, 3.05) is 39.3 Å². The van der Waals surface area contributed by atoms with E-state index in [2.05, 4.69) is 39.4 Å². The molecule has 0 aliphatic carbocycles. The van der Waals surface area contributed by atoms with Gasteiger partial charge < -0.3 is 10.1 Å². The van der Waals surface area contributed by atoms with E-state index in [9.17, 15) is 9.59 Å². The van der Waals surface area contributed by atoms with Gasteiger partial charge in [0.15, 0.2) is 6.10 Å². The van der Waals surface area contributed by atoms with Crippen molar-refractivity contribution in [2.24, 2.45) is 0 Å². The summed E-state index contributed by atoms with van der Waals surface area (Å²) in [6, 6.07) is 10.4. The predicted molar refractivity (Wildman–Crippen MR) is 97.0 cm³/mol. The van der Waals surface area contributed by atoms with Crippen LogP contribution < -0.4 is 5.32 Å². The van der Waals surface area contributed by atoms with E-state index in [1.54, 1.807) is 6.92 Å². The Morgan fingerprint density at radius 2 is 1.76 bits per heavy atom. The van der Waals surface area contributed by atoms with E-state index in [1.165, 1.54) is 5.56 Å². The fourth-order valence-corrected chi connectivity index (χ4v) is 2.81. The number of nitrogens with zero attached hydrogens (tertiary/aromatic N) is 2. The molecule has 1 aliphatic rings. The van der Waals surface area contributed by atoms with Crippen molar-refractivity contribution < 1.29 is 14.3 Å². The molecule has 138 valence electrons. The van der Waals surface area contributed by atoms with Gasteiger partial charge in [-0.3, -0.25) is 19.4 Å². The molecule has 1 fully saturated rings. The van der Waals surface area contributed by atoms with Crippen molar-refractivity contribution in [3.05, 3.63) is 35.9 Å². The van der Waals surface area contributed by atoms with Gasteiger partial charge in [0.2, 0.25) is 0 Å². The topological polar surface area (TPSA) is 61.9 Å². The van der Waals surface area contributed by atoms with E-state index in [1.807, 2.05) is 13.0 Å². The van der Waals surface area contributed by atoms with Crippen LogP contribution in [0.4, 0.5) is 0 Å². The Balaban J connectivity index is 1.67. The van der Waals surface area contributed by atoms with E-state index in [-0.39, 0.29) is 18.4 Å². The van der Waals surface area contributed by atoms with Gasteiger partial charge in [0.25, 0.3) is 5.91 Å². The van der Waals surface area contributed by atoms with Crippen molar-refractivity contribution in [3.63, 3.8) is 0 Å². The largest absolute Gasteiger partial charge is 0.452 e. The maximum atomic E-state index is 12.0. The summed E-state index contributed by atoms with van der Waals surface area (Å²) < 4.78 is 5.23. The summed E-state index contributed by atoms with van der Waals surface area (Å²) in [4.78, 5) is 28.2. The Morgan fingerprint density at radius 1 is 1.12 bits per heavy atom. The molecule has 1 atom stereocenters. The van der Waals surface area contributed by atoms with Gasteiger partial charge in [0, 0.05) is 39.3 Å². The number of esters is 1. The number of carbonyl (C=O) groups is 2. The Bertz CT molecular complexity index is 542. The maximum absolute atomic E-state index is 12.0. The predicted octanol–water partition coefficient (Wildman–Crippen LogP) is 1.26. The van der Waals surface area contributed by atoms with Crippen molar-refractivity contribution in [1.82, 2.24) is 15.1 Å². The molecule has 1 aliphatic heterocycles. The average molecular weight is 347 g/mol. The SMILES string of the molecule is CCCNC(=O)C(C)OC(=O)CN1CCN(Cc2ccccc2)CC1. The summed E-state index contributed by atoms with van der Waals surface area (Å²) in [6.45, 7) is 8.89. The highest BCUT2D eigenvalue weighted by molar-refractivity contribution is 5.83. The number of amides is 1. The molecule has 0 bridgehead atoms. The molecule has 6 nitrogen and oxygen atoms in total. The Labute approximate surface area is 150 Å². The van der Waals surface area contributed by atoms with Crippen LogP contribution in [0.3, 0.4) is 0 Å². The average Bonchev–Trinajstić information content (AvgIpc) is 2.62. The smallest absolute Gasteiger partial charge is 0.320 e. The zero-order chi connectivity index (χ0) is 18.1. The lowest BCUT2D eigenvalue weighted by Crippen LogP contribution is -2.48. The lowest BCUT2D eigenvalue weighted by molar-refractivity contribution is -0.156. The van der Waals surface area contributed by atoms with Gasteiger partial charge in [-0.25, -0.2) is 0 Å². The number of carbonyl (C=O) groups excluding carboxylic acids is 2. The summed E-state index contributed by atoms with van der Waals surface area (Å²) in [5.74, 6) is -0.571. The molecular formula is C19H29N3O3. The lowest BCUT2D eigenvalue weighted by Gasteiger charge is -2.34. The van der Waals surface area contributed by atoms with Crippen molar-refractivity contribution in [3.8, 4) is 0 Å². The minimum absolute atomic E-state index is 0.233. The van der Waals surface area contributed by atoms with Crippen LogP contribution in [0.1, 0.15) is 25.8 Å². The van der Waals surface area contributed by atoms with Crippen LogP contribution in [0.5, 0.6) is 0 Å². The minimum atomic E-state index is -0.738. The Morgan fingerprint density at radius 3 is 2.40 bits per heavy atom. The standard InChI is InChI=1S/C19H29N3O3/c1-3-9-20-19(24)16(2)25-18(23)15-22-12-10-21(11-13-22)14-17-7-5-4-6-8-17/h4-8,16H,3,9-15H2,1-2H3,(H,20,24). The molecule has 25 heavy (non-hydrogen) atoms. The molecule has 1 saturated heterocycles. The number of benzene rings is 1. The molecular weight excluding hydrogens is 318 g/mol. The third-order valence-corrected chi connectivity index (χ3v) is 4.29. The number of hydrogen-bond donors (Lipinski definition) is 1. The van der Waals surface area contributed by atoms with Crippen molar-refractivity contribution >= 4 is 11.9 Å². The second kappa shape index (κ2) is 10.2. The van der Waals surface area contributed by atoms with Gasteiger partial charge in [0.05, 0.1) is 6.54 Å². The van der Waals surface area contributed by atoms with Crippen LogP contribution in [0.2, 0.25) is 0 Å². The molecule has 1 amide bonds. The third kappa shape index (κ3) is 6.84. The molecule has 0 saturated carbocycles. The fraction of sp³-hybridized carbons (Fsp3) is 0.579. The van der Waals surface area contributed by atoms with Crippen molar-refractivity contribution in [1.29, 1.82) is 0 Å². The normalized spacial score (nSPS) is 17.0. The third-order valence-electron chi connectivity index (χ3n) is 4.29. The first kappa shape index (κ1) is 19.4. The maximum Gasteiger partial charge on any atom is 0.320 e. The summed E-state index contributed by atoms with van der Waals surface area (Å²) >= 11 is 0. The Hall–Kier alpha value is -1.92. The van der Waals surface area contributed by atoms with Gasteiger partial charge in [0.1, 0.15) is 0 Å². The number of piperazine rings is 1. The fourth-order valence-electron chi connectivity index (χ4n) is 2.81. The highest BCUT2D eigenvalue weighted by Crippen LogP contribution is 2.08. The van der Waals surface area contributed by atoms with E-state index in [0.29, 0.717) is 6.54 Å². The van der Waals surface area contributed by atoms with Crippen LogP contribution in [0.15, 0.2) is 30.3 Å². The Kier molecular flexibility index (Phi) is 7.88. The van der Waals surface area contributed by atoms with Gasteiger partial charge in [-0.05, 0) is 18.9 Å². The summed E-state index contributed by atoms with van der Waals surface area (Å²) in [7, 11) is 0. The van der Waals surface area contributed by atoms with Crippen LogP contribution in [0.25, 0.3) is 0 Å². The molecule has 1 N–H and O–H groups in total. The summed E-state index contributed by atoms with van der Waals surface area (Å²) in [5, 5.41) is 2.73. The number of hydrogen-bond acceptors (Lipinski definition) is 5. The molecule has 1 unspecified atom stereocenters. The minimum Gasteiger partial charge on any atom is -0.452 e. The van der Waals surface area contributed by atoms with E-state index >= 15 is 0 Å². The van der Waals surface area contributed by atoms with Crippen molar-refractivity contribution in [2.45, 2.75) is 32.9 Å². The quantitative estimate of drug-likeness (QED) is 0.718. The zero-order valence-corrected chi connectivity index (χ0v) is 15.2. The number of ether oxygens (including phenoxy) is 1. The summed E-state index contributed by atoms with van der Waals surface area (Å²) in [6.07, 6.45) is 0.123. The van der Waals surface area contributed by atoms with Gasteiger partial charge >= 0.3 is 5.97 Å². The second-order valence-corrected chi connectivity index (χ2v) is 6.46. The molecule has 1 heterocycles. The number of nitrogens with one attached hydrogen (secondary N) is 1. The molecule has 1 aromatic carbocycles. The molecule has 2 rings (SSSR count). The van der Waals surface area contributed by atoms with Crippen LogP contribution in [0, 0.1) is 0 Å². The van der Waals surface area contributed by atoms with E-state index < -0.39 is 6.10 Å². The molecule has 0 aromatic heterocycles. The first-order valence-corrected chi connectivity index (χ1v) is 9.04. The second-order valence-electron chi connectivity index (χ2n) is 6.46. The lowest BCUT2D eigenvalue weighted by atomic mass is 10.2. The van der Waals surface area contributed by atoms with Gasteiger partial charge in [-0.2, -0.15) is 0 Å². The molecule has 1 aromatic rings. The first-order valence-electron chi connectivity index (χ1n) is 9.04. The van der Waals surface area contributed by atoms with Crippen LogP contribution >= 0.6 is 0 Å². The van der Waals surface area contributed by atoms with Crippen LogP contribution in [-0.4, -0.2) is 67.0 Å². The highest BCUT2D eigenvalue weighted by Gasteiger charge is 2.22. The number of rotatable bonds is 8. The first-order chi connectivity index (χ1) is 12.1. The summed E-state index contributed by atoms with van der Waals surface area (Å²) in [5.41, 5.74) is 1.31. The highest BCUT2D eigenvalue weighted by atomic mass is 16.5. The molecule has 0 radical (unpaired) electrons. The zero-order valence-electron chi connectivity index (χ0n) is 15.2. The molecule has 6 heteroatoms. The monoisotopic (exact) mass is 347 g/mol. The van der Waals surface area contributed by atoms with Crippen LogP contribution in [-0.2, 0) is 20.9 Å². The van der Waals surface area contributed by atoms with Gasteiger partial charge in [-0.15, -0.1) is 0 Å². The van der Waals surface area contributed by atoms with E-state index in [0.717, 1.165) is 39.1 Å². The molecule has 0 spiro atoms. The van der Waals surface area contributed by atoms with E-state index in [4.69, 9.17) is 4.74 Å². The van der Waals surface area contributed by atoms with Gasteiger partial charge in [-0.1, -0.05) is 37.3 Å².